The number of nitrogens with two attached hydrogens (primary N) is 1. The number of ether oxygens (including phenoxy) is 1. The van der Waals surface area contributed by atoms with Crippen molar-refractivity contribution in [2.24, 2.45) is 0 Å². The molecule has 0 aliphatic carbocycles. The Labute approximate surface area is 149 Å². The monoisotopic (exact) mass is 363 g/mol. The molecule has 2 aromatic rings. The summed E-state index contributed by atoms with van der Waals surface area (Å²) in [5, 5.41) is 39.1. The highest BCUT2D eigenvalue weighted by atomic mass is 16.6. The summed E-state index contributed by atoms with van der Waals surface area (Å²) in [6, 6.07) is 0. The Bertz CT molecular complexity index is 845. The van der Waals surface area contributed by atoms with Gasteiger partial charge in [0.05, 0.1) is 12.9 Å². The van der Waals surface area contributed by atoms with E-state index in [0.717, 1.165) is 6.42 Å². The molecule has 10 heteroatoms. The molecule has 2 aromatic heterocycles. The molecule has 1 saturated heterocycles. The van der Waals surface area contributed by atoms with Gasteiger partial charge in [-0.2, -0.15) is 0 Å². The number of aliphatic hydroxyl groups is 4. The van der Waals surface area contributed by atoms with Crippen LogP contribution in [0, 0.1) is 11.8 Å². The van der Waals surface area contributed by atoms with Crippen LogP contribution in [0.5, 0.6) is 0 Å². The van der Waals surface area contributed by atoms with Crippen molar-refractivity contribution in [3.8, 4) is 11.8 Å². The minimum atomic E-state index is -1.28. The van der Waals surface area contributed by atoms with Crippen LogP contribution in [0.3, 0.4) is 0 Å². The van der Waals surface area contributed by atoms with Gasteiger partial charge in [-0.3, -0.25) is 4.57 Å². The first-order valence-electron chi connectivity index (χ1n) is 8.28. The van der Waals surface area contributed by atoms with Crippen molar-refractivity contribution in [1.82, 2.24) is 19.5 Å². The number of fused-ring (bicyclic) bond motifs is 1. The Morgan fingerprint density at radius 3 is 2.77 bits per heavy atom. The van der Waals surface area contributed by atoms with E-state index in [2.05, 4.69) is 26.8 Å². The lowest BCUT2D eigenvalue weighted by Gasteiger charge is -2.16. The predicted molar refractivity (Wildman–Crippen MR) is 90.5 cm³/mol. The number of hydrogen-bond acceptors (Lipinski definition) is 9. The maximum atomic E-state index is 10.2. The van der Waals surface area contributed by atoms with Gasteiger partial charge in [0.2, 0.25) is 5.82 Å². The minimum Gasteiger partial charge on any atom is -0.394 e. The van der Waals surface area contributed by atoms with E-state index in [4.69, 9.17) is 10.5 Å². The topological polar surface area (TPSA) is 160 Å². The van der Waals surface area contributed by atoms with Crippen LogP contribution in [-0.4, -0.2) is 71.0 Å². The molecule has 0 bridgehead atoms. The molecule has 1 aliphatic rings. The van der Waals surface area contributed by atoms with Crippen LogP contribution in [0.2, 0.25) is 0 Å². The number of imidazole rings is 1. The molecule has 140 valence electrons. The standard InChI is InChI=1S/C16H21N5O5/c1-2-3-8(23)4-5-10-19-14(17)11-15(20-10)21(7-18-11)16-13(25)12(24)9(6-22)26-16/h7-9,12-13,16,22-25H,2-3,6H2,1H3,(H2,17,19,20)/t8?,9-,12-,13-,16-/m1/s1. The summed E-state index contributed by atoms with van der Waals surface area (Å²) in [6.45, 7) is 1.50. The molecule has 0 radical (unpaired) electrons. The Hall–Kier alpha value is -2.29. The number of hydrogen-bond donors (Lipinski definition) is 5. The summed E-state index contributed by atoms with van der Waals surface area (Å²) in [7, 11) is 0. The van der Waals surface area contributed by atoms with Crippen molar-refractivity contribution in [3.63, 3.8) is 0 Å². The summed E-state index contributed by atoms with van der Waals surface area (Å²) in [5.41, 5.74) is 6.46. The third-order valence-electron chi connectivity index (χ3n) is 4.15. The molecular formula is C16H21N5O5. The molecule has 5 atom stereocenters. The van der Waals surface area contributed by atoms with Gasteiger partial charge in [-0.25, -0.2) is 15.0 Å². The quantitative estimate of drug-likeness (QED) is 0.409. The number of anilines is 1. The van der Waals surface area contributed by atoms with E-state index in [-0.39, 0.29) is 17.3 Å². The number of nitrogen functional groups attached to an aromatic ring is 1. The van der Waals surface area contributed by atoms with Crippen LogP contribution >= 0.6 is 0 Å². The van der Waals surface area contributed by atoms with Crippen molar-refractivity contribution in [2.75, 3.05) is 12.3 Å². The second kappa shape index (κ2) is 7.53. The summed E-state index contributed by atoms with van der Waals surface area (Å²) < 4.78 is 6.90. The third kappa shape index (κ3) is 3.35. The zero-order valence-corrected chi connectivity index (χ0v) is 14.1. The van der Waals surface area contributed by atoms with Crippen molar-refractivity contribution < 1.29 is 25.2 Å². The lowest BCUT2D eigenvalue weighted by Crippen LogP contribution is -2.33. The molecule has 1 aliphatic heterocycles. The fraction of sp³-hybridized carbons (Fsp3) is 0.562. The average molecular weight is 363 g/mol. The van der Waals surface area contributed by atoms with E-state index in [1.807, 2.05) is 6.92 Å². The molecule has 10 nitrogen and oxygen atoms in total. The fourth-order valence-corrected chi connectivity index (χ4v) is 2.78. The highest BCUT2D eigenvalue weighted by molar-refractivity contribution is 5.82. The van der Waals surface area contributed by atoms with Crippen LogP contribution in [-0.2, 0) is 4.74 Å². The normalized spacial score (nSPS) is 26.7. The molecule has 0 spiro atoms. The minimum absolute atomic E-state index is 0.0924. The zero-order valence-electron chi connectivity index (χ0n) is 14.1. The summed E-state index contributed by atoms with van der Waals surface area (Å²) in [6.07, 6.45) is -2.54. The molecule has 0 aromatic carbocycles. The highest BCUT2D eigenvalue weighted by Gasteiger charge is 2.44. The van der Waals surface area contributed by atoms with Crippen LogP contribution < -0.4 is 5.73 Å². The smallest absolute Gasteiger partial charge is 0.209 e. The zero-order chi connectivity index (χ0) is 18.8. The second-order valence-corrected chi connectivity index (χ2v) is 6.06. The largest absolute Gasteiger partial charge is 0.394 e. The summed E-state index contributed by atoms with van der Waals surface area (Å²) in [4.78, 5) is 12.4. The average Bonchev–Trinajstić information content (AvgIpc) is 3.16. The van der Waals surface area contributed by atoms with Crippen molar-refractivity contribution in [1.29, 1.82) is 0 Å². The van der Waals surface area contributed by atoms with Crippen LogP contribution in [0.1, 0.15) is 31.8 Å². The SMILES string of the molecule is CCCC(O)C#Cc1nc(N)c2ncn([C@@H]3O[C@H](CO)[C@@H](O)[C@H]3O)c2n1. The molecule has 0 amide bonds. The van der Waals surface area contributed by atoms with Gasteiger partial charge in [0, 0.05) is 0 Å². The molecule has 26 heavy (non-hydrogen) atoms. The van der Waals surface area contributed by atoms with Gasteiger partial charge in [-0.15, -0.1) is 0 Å². The fourth-order valence-electron chi connectivity index (χ4n) is 2.78. The molecule has 3 rings (SSSR count). The lowest BCUT2D eigenvalue weighted by atomic mass is 10.1. The first kappa shape index (κ1) is 18.5. The van der Waals surface area contributed by atoms with Gasteiger partial charge < -0.3 is 30.9 Å². The van der Waals surface area contributed by atoms with Crippen LogP contribution in [0.15, 0.2) is 6.33 Å². The van der Waals surface area contributed by atoms with E-state index >= 15 is 0 Å². The van der Waals surface area contributed by atoms with Gasteiger partial charge >= 0.3 is 0 Å². The Morgan fingerprint density at radius 1 is 1.35 bits per heavy atom. The van der Waals surface area contributed by atoms with E-state index in [0.29, 0.717) is 11.9 Å². The molecule has 3 heterocycles. The highest BCUT2D eigenvalue weighted by Crippen LogP contribution is 2.31. The van der Waals surface area contributed by atoms with Gasteiger partial charge in [-0.05, 0) is 12.3 Å². The summed E-state index contributed by atoms with van der Waals surface area (Å²) in [5.74, 6) is 5.51. The first-order chi connectivity index (χ1) is 12.5. The first-order valence-corrected chi connectivity index (χ1v) is 8.28. The Balaban J connectivity index is 1.98. The van der Waals surface area contributed by atoms with Crippen molar-refractivity contribution >= 4 is 17.0 Å². The van der Waals surface area contributed by atoms with Gasteiger partial charge in [0.15, 0.2) is 17.7 Å². The van der Waals surface area contributed by atoms with Crippen LogP contribution in [0.25, 0.3) is 11.2 Å². The maximum Gasteiger partial charge on any atom is 0.209 e. The number of aliphatic hydroxyl groups excluding tert-OH is 4. The third-order valence-corrected chi connectivity index (χ3v) is 4.15. The molecule has 0 saturated carbocycles. The molecular weight excluding hydrogens is 342 g/mol. The van der Waals surface area contributed by atoms with Gasteiger partial charge in [0.25, 0.3) is 0 Å². The number of nitrogens with zero attached hydrogens (tertiary/aromatic N) is 4. The maximum absolute atomic E-state index is 10.2. The molecule has 6 N–H and O–H groups in total. The van der Waals surface area contributed by atoms with Crippen molar-refractivity contribution in [2.45, 2.75) is 50.4 Å². The van der Waals surface area contributed by atoms with E-state index in [1.165, 1.54) is 10.9 Å². The lowest BCUT2D eigenvalue weighted by molar-refractivity contribution is -0.0511. The Kier molecular flexibility index (Phi) is 5.36. The van der Waals surface area contributed by atoms with E-state index < -0.39 is 37.3 Å². The second-order valence-electron chi connectivity index (χ2n) is 6.06. The number of aromatic nitrogens is 4. The predicted octanol–water partition coefficient (Wildman–Crippen LogP) is -1.47. The molecule has 1 unspecified atom stereocenters. The Morgan fingerprint density at radius 2 is 2.12 bits per heavy atom. The van der Waals surface area contributed by atoms with Gasteiger partial charge in [0.1, 0.15) is 29.9 Å². The van der Waals surface area contributed by atoms with E-state index in [9.17, 15) is 20.4 Å². The van der Waals surface area contributed by atoms with E-state index in [1.54, 1.807) is 0 Å². The number of rotatable bonds is 4. The van der Waals surface area contributed by atoms with Crippen LogP contribution in [0.4, 0.5) is 5.82 Å². The van der Waals surface area contributed by atoms with Gasteiger partial charge in [-0.1, -0.05) is 19.3 Å². The summed E-state index contributed by atoms with van der Waals surface area (Å²) >= 11 is 0. The van der Waals surface area contributed by atoms with Crippen molar-refractivity contribution in [3.05, 3.63) is 12.2 Å². The molecule has 1 fully saturated rings.